The van der Waals surface area contributed by atoms with Gasteiger partial charge in [-0.05, 0) is 25.5 Å². The molecule has 0 fully saturated rings. The van der Waals surface area contributed by atoms with Crippen LogP contribution in [0.1, 0.15) is 18.9 Å². The monoisotopic (exact) mass is 232 g/mol. The second-order valence-electron chi connectivity index (χ2n) is 4.55. The third-order valence-corrected chi connectivity index (χ3v) is 3.36. The molecular formula is C14H17FN2. The van der Waals surface area contributed by atoms with E-state index >= 15 is 0 Å². The van der Waals surface area contributed by atoms with E-state index in [1.165, 1.54) is 11.6 Å². The first-order valence-electron chi connectivity index (χ1n) is 5.69. The number of hydrogen-bond acceptors (Lipinski definition) is 2. The van der Waals surface area contributed by atoms with Gasteiger partial charge in [-0.2, -0.15) is 0 Å². The molecule has 1 unspecified atom stereocenters. The summed E-state index contributed by atoms with van der Waals surface area (Å²) in [6.07, 6.45) is 6.70. The quantitative estimate of drug-likeness (QED) is 0.770. The highest BCUT2D eigenvalue weighted by Gasteiger charge is 2.33. The van der Waals surface area contributed by atoms with E-state index in [9.17, 15) is 4.39 Å². The van der Waals surface area contributed by atoms with Crippen LogP contribution in [0, 0.1) is 5.82 Å². The minimum atomic E-state index is -0.505. The van der Waals surface area contributed by atoms with E-state index in [1.807, 2.05) is 19.1 Å². The summed E-state index contributed by atoms with van der Waals surface area (Å²) in [6.45, 7) is 2.36. The Hall–Kier alpha value is -1.61. The number of nitrogens with two attached hydrogens (primary N) is 2. The van der Waals surface area contributed by atoms with E-state index in [2.05, 4.69) is 6.08 Å². The molecule has 0 saturated heterocycles. The van der Waals surface area contributed by atoms with Crippen LogP contribution in [0.25, 0.3) is 0 Å². The second kappa shape index (κ2) is 4.34. The maximum atomic E-state index is 14.0. The number of allylic oxidation sites excluding steroid dienone is 3. The normalized spacial score (nSPS) is 23.6. The smallest absolute Gasteiger partial charge is 0.129 e. The van der Waals surface area contributed by atoms with E-state index in [-0.39, 0.29) is 5.82 Å². The molecule has 1 aromatic rings. The van der Waals surface area contributed by atoms with Gasteiger partial charge in [0.1, 0.15) is 5.82 Å². The minimum Gasteiger partial charge on any atom is -0.398 e. The molecule has 1 atom stereocenters. The molecule has 3 heteroatoms. The van der Waals surface area contributed by atoms with Gasteiger partial charge in [0.05, 0.1) is 0 Å². The Morgan fingerprint density at radius 2 is 2.18 bits per heavy atom. The molecule has 1 aliphatic rings. The lowest BCUT2D eigenvalue weighted by molar-refractivity contribution is 0.503. The summed E-state index contributed by atoms with van der Waals surface area (Å²) in [7, 11) is 0. The van der Waals surface area contributed by atoms with Crippen LogP contribution in [0.3, 0.4) is 0 Å². The number of rotatable bonds is 2. The van der Waals surface area contributed by atoms with Crippen molar-refractivity contribution in [3.63, 3.8) is 0 Å². The van der Waals surface area contributed by atoms with Crippen molar-refractivity contribution in [2.75, 3.05) is 12.3 Å². The molecule has 0 amide bonds. The van der Waals surface area contributed by atoms with E-state index in [4.69, 9.17) is 11.5 Å². The minimum absolute atomic E-state index is 0.284. The number of nitrogen functional groups attached to an aromatic ring is 1. The summed E-state index contributed by atoms with van der Waals surface area (Å²) < 4.78 is 14.0. The zero-order valence-electron chi connectivity index (χ0n) is 9.91. The predicted molar refractivity (Wildman–Crippen MR) is 69.1 cm³/mol. The Morgan fingerprint density at radius 3 is 2.71 bits per heavy atom. The summed E-state index contributed by atoms with van der Waals surface area (Å²) in [5, 5.41) is 0. The molecule has 1 aliphatic carbocycles. The van der Waals surface area contributed by atoms with Crippen molar-refractivity contribution in [1.82, 2.24) is 0 Å². The Bertz CT molecular complexity index is 471. The second-order valence-corrected chi connectivity index (χ2v) is 4.55. The molecule has 4 N–H and O–H groups in total. The average molecular weight is 232 g/mol. The van der Waals surface area contributed by atoms with Crippen molar-refractivity contribution in [2.24, 2.45) is 5.73 Å². The van der Waals surface area contributed by atoms with E-state index in [0.29, 0.717) is 24.2 Å². The number of anilines is 1. The topological polar surface area (TPSA) is 52.0 Å². The van der Waals surface area contributed by atoms with Crippen molar-refractivity contribution in [3.8, 4) is 0 Å². The van der Waals surface area contributed by atoms with Crippen molar-refractivity contribution >= 4 is 5.69 Å². The van der Waals surface area contributed by atoms with Gasteiger partial charge in [0, 0.05) is 23.2 Å². The lowest BCUT2D eigenvalue weighted by atomic mass is 9.73. The van der Waals surface area contributed by atoms with E-state index in [0.717, 1.165) is 0 Å². The fourth-order valence-corrected chi connectivity index (χ4v) is 2.28. The third-order valence-electron chi connectivity index (χ3n) is 3.36. The average Bonchev–Trinajstić information content (AvgIpc) is 2.32. The molecule has 90 valence electrons. The summed E-state index contributed by atoms with van der Waals surface area (Å²) in [5.41, 5.74) is 13.4. The first kappa shape index (κ1) is 11.9. The molecule has 17 heavy (non-hydrogen) atoms. The number of benzene rings is 1. The molecule has 0 aliphatic heterocycles. The highest BCUT2D eigenvalue weighted by molar-refractivity contribution is 5.55. The fourth-order valence-electron chi connectivity index (χ4n) is 2.28. The Morgan fingerprint density at radius 1 is 1.41 bits per heavy atom. The molecule has 1 aromatic carbocycles. The SMILES string of the molecule is CC1=CCC(CN)(c2c(N)cccc2F)C=C1. The van der Waals surface area contributed by atoms with Crippen LogP contribution >= 0.6 is 0 Å². The van der Waals surface area contributed by atoms with Gasteiger partial charge in [0.15, 0.2) is 0 Å². The molecular weight excluding hydrogens is 215 g/mol. The fraction of sp³-hybridized carbons (Fsp3) is 0.286. The highest BCUT2D eigenvalue weighted by Crippen LogP contribution is 2.37. The van der Waals surface area contributed by atoms with Gasteiger partial charge in [-0.25, -0.2) is 4.39 Å². The molecule has 0 spiro atoms. The zero-order chi connectivity index (χ0) is 12.5. The molecule has 0 radical (unpaired) electrons. The lowest BCUT2D eigenvalue weighted by Crippen LogP contribution is -2.35. The van der Waals surface area contributed by atoms with Gasteiger partial charge in [0.25, 0.3) is 0 Å². The van der Waals surface area contributed by atoms with Crippen LogP contribution in [-0.2, 0) is 5.41 Å². The maximum absolute atomic E-state index is 14.0. The van der Waals surface area contributed by atoms with Crippen molar-refractivity contribution in [3.05, 3.63) is 53.4 Å². The van der Waals surface area contributed by atoms with Crippen LogP contribution < -0.4 is 11.5 Å². The highest BCUT2D eigenvalue weighted by atomic mass is 19.1. The molecule has 0 saturated carbocycles. The van der Waals surface area contributed by atoms with Crippen LogP contribution in [0.5, 0.6) is 0 Å². The van der Waals surface area contributed by atoms with Crippen LogP contribution in [0.15, 0.2) is 42.0 Å². The summed E-state index contributed by atoms with van der Waals surface area (Å²) in [4.78, 5) is 0. The third kappa shape index (κ3) is 1.98. The predicted octanol–water partition coefficient (Wildman–Crippen LogP) is 2.51. The zero-order valence-corrected chi connectivity index (χ0v) is 9.91. The number of hydrogen-bond donors (Lipinski definition) is 2. The first-order valence-corrected chi connectivity index (χ1v) is 5.69. The number of halogens is 1. The maximum Gasteiger partial charge on any atom is 0.129 e. The molecule has 0 bridgehead atoms. The first-order chi connectivity index (χ1) is 8.09. The molecule has 2 rings (SSSR count). The van der Waals surface area contributed by atoms with E-state index in [1.54, 1.807) is 12.1 Å². The van der Waals surface area contributed by atoms with Crippen LogP contribution in [-0.4, -0.2) is 6.54 Å². The summed E-state index contributed by atoms with van der Waals surface area (Å²) in [5.74, 6) is -0.284. The van der Waals surface area contributed by atoms with Gasteiger partial charge in [-0.3, -0.25) is 0 Å². The standard InChI is InChI=1S/C14H17FN2/c1-10-5-7-14(9-16,8-6-10)13-11(15)3-2-4-12(13)17/h2-7H,8-9,16-17H2,1H3. The van der Waals surface area contributed by atoms with Gasteiger partial charge >= 0.3 is 0 Å². The van der Waals surface area contributed by atoms with Crippen LogP contribution in [0.4, 0.5) is 10.1 Å². The largest absolute Gasteiger partial charge is 0.398 e. The van der Waals surface area contributed by atoms with Crippen molar-refractivity contribution < 1.29 is 4.39 Å². The van der Waals surface area contributed by atoms with Crippen molar-refractivity contribution in [1.29, 1.82) is 0 Å². The lowest BCUT2D eigenvalue weighted by Gasteiger charge is -2.32. The Labute approximate surface area is 101 Å². The van der Waals surface area contributed by atoms with E-state index < -0.39 is 5.41 Å². The van der Waals surface area contributed by atoms with Crippen LogP contribution in [0.2, 0.25) is 0 Å². The van der Waals surface area contributed by atoms with Gasteiger partial charge in [0.2, 0.25) is 0 Å². The summed E-state index contributed by atoms with van der Waals surface area (Å²) in [6, 6.07) is 4.77. The van der Waals surface area contributed by atoms with Gasteiger partial charge in [-0.15, -0.1) is 0 Å². The van der Waals surface area contributed by atoms with Gasteiger partial charge < -0.3 is 11.5 Å². The summed E-state index contributed by atoms with van der Waals surface area (Å²) >= 11 is 0. The molecule has 0 heterocycles. The van der Waals surface area contributed by atoms with Crippen molar-refractivity contribution in [2.45, 2.75) is 18.8 Å². The molecule has 0 aromatic heterocycles. The Kier molecular flexibility index (Phi) is 3.03. The molecule has 2 nitrogen and oxygen atoms in total. The van der Waals surface area contributed by atoms with Gasteiger partial charge in [-0.1, -0.05) is 29.9 Å². The Balaban J connectivity index is 2.54.